The van der Waals surface area contributed by atoms with Crippen LogP contribution in [0.1, 0.15) is 23.7 Å². The van der Waals surface area contributed by atoms with Gasteiger partial charge in [-0.2, -0.15) is 13.2 Å². The summed E-state index contributed by atoms with van der Waals surface area (Å²) in [4.78, 5) is 14.1. The molecule has 0 radical (unpaired) electrons. The Kier molecular flexibility index (Phi) is 4.35. The Morgan fingerprint density at radius 3 is 2.54 bits per heavy atom. The van der Waals surface area contributed by atoms with Crippen molar-refractivity contribution in [3.05, 3.63) is 57.5 Å². The lowest BCUT2D eigenvalue weighted by Crippen LogP contribution is -2.11. The number of aryl methyl sites for hydroxylation is 1. The van der Waals surface area contributed by atoms with Gasteiger partial charge in [0.2, 0.25) is 5.78 Å². The monoisotopic (exact) mass is 354 g/mol. The maximum atomic E-state index is 12.6. The van der Waals surface area contributed by atoms with E-state index in [1.54, 1.807) is 4.40 Å². The average Bonchev–Trinajstić information content (AvgIpc) is 2.94. The van der Waals surface area contributed by atoms with E-state index in [2.05, 4.69) is 15.2 Å². The molecule has 3 rings (SSSR count). The van der Waals surface area contributed by atoms with E-state index in [0.29, 0.717) is 23.1 Å². The highest BCUT2D eigenvalue weighted by Crippen LogP contribution is 2.30. The molecule has 2 heterocycles. The van der Waals surface area contributed by atoms with Gasteiger partial charge in [0.15, 0.2) is 5.16 Å². The lowest BCUT2D eigenvalue weighted by molar-refractivity contribution is -0.137. The van der Waals surface area contributed by atoms with Crippen LogP contribution in [0.2, 0.25) is 0 Å². The van der Waals surface area contributed by atoms with Crippen LogP contribution in [0.25, 0.3) is 5.78 Å². The molecule has 0 fully saturated rings. The molecule has 0 amide bonds. The van der Waals surface area contributed by atoms with E-state index in [1.807, 2.05) is 6.92 Å². The quantitative estimate of drug-likeness (QED) is 0.731. The second-order valence-electron chi connectivity index (χ2n) is 5.10. The number of rotatable bonds is 4. The van der Waals surface area contributed by atoms with Crippen LogP contribution in [0.15, 0.2) is 40.3 Å². The predicted octanol–water partition coefficient (Wildman–Crippen LogP) is 3.29. The predicted molar refractivity (Wildman–Crippen MR) is 84.0 cm³/mol. The lowest BCUT2D eigenvalue weighted by atomic mass is 10.1. The Morgan fingerprint density at radius 1 is 1.21 bits per heavy atom. The van der Waals surface area contributed by atoms with Crippen LogP contribution in [0, 0.1) is 0 Å². The number of halogens is 3. The van der Waals surface area contributed by atoms with Crippen LogP contribution in [-0.2, 0) is 18.3 Å². The van der Waals surface area contributed by atoms with Crippen LogP contribution in [0.4, 0.5) is 13.2 Å². The van der Waals surface area contributed by atoms with Crippen LogP contribution in [-0.4, -0.2) is 19.6 Å². The second kappa shape index (κ2) is 6.31. The van der Waals surface area contributed by atoms with Crippen LogP contribution < -0.4 is 5.56 Å². The maximum absolute atomic E-state index is 12.6. The number of H-pyrrole nitrogens is 1. The third-order valence-corrected chi connectivity index (χ3v) is 4.46. The molecule has 0 aliphatic rings. The van der Waals surface area contributed by atoms with E-state index in [1.165, 1.54) is 30.0 Å². The number of thioether (sulfide) groups is 1. The largest absolute Gasteiger partial charge is 0.416 e. The van der Waals surface area contributed by atoms with Gasteiger partial charge >= 0.3 is 6.18 Å². The minimum Gasteiger partial charge on any atom is -0.291 e. The third-order valence-electron chi connectivity index (χ3n) is 3.46. The Bertz CT molecular complexity index is 915. The van der Waals surface area contributed by atoms with Crippen molar-refractivity contribution in [3.63, 3.8) is 0 Å². The van der Waals surface area contributed by atoms with Gasteiger partial charge in [-0.15, -0.1) is 10.2 Å². The highest BCUT2D eigenvalue weighted by atomic mass is 32.2. The van der Waals surface area contributed by atoms with Gasteiger partial charge in [-0.25, -0.2) is 0 Å². The molecule has 1 aromatic carbocycles. The molecular weight excluding hydrogens is 341 g/mol. The minimum atomic E-state index is -4.34. The van der Waals surface area contributed by atoms with Crippen molar-refractivity contribution in [1.82, 2.24) is 19.6 Å². The topological polar surface area (TPSA) is 63.0 Å². The molecule has 0 atom stereocenters. The maximum Gasteiger partial charge on any atom is 0.416 e. The molecule has 126 valence electrons. The Labute approximate surface area is 138 Å². The molecule has 0 aliphatic carbocycles. The first-order chi connectivity index (χ1) is 11.4. The SMILES string of the molecule is CCc1cc(=O)[nH]c2nnc(SCc3ccc(C(F)(F)F)cc3)n12. The first kappa shape index (κ1) is 16.6. The molecule has 1 N–H and O–H groups in total. The Balaban J connectivity index is 1.82. The smallest absolute Gasteiger partial charge is 0.291 e. The van der Waals surface area contributed by atoms with Crippen LogP contribution in [0.3, 0.4) is 0 Å². The first-order valence-electron chi connectivity index (χ1n) is 7.14. The zero-order chi connectivity index (χ0) is 17.3. The van der Waals surface area contributed by atoms with Crippen molar-refractivity contribution in [1.29, 1.82) is 0 Å². The molecule has 0 bridgehead atoms. The molecule has 3 aromatic rings. The van der Waals surface area contributed by atoms with E-state index < -0.39 is 11.7 Å². The van der Waals surface area contributed by atoms with Gasteiger partial charge in [0.05, 0.1) is 5.56 Å². The van der Waals surface area contributed by atoms with E-state index in [0.717, 1.165) is 23.4 Å². The second-order valence-corrected chi connectivity index (χ2v) is 6.05. The van der Waals surface area contributed by atoms with Gasteiger partial charge in [0.25, 0.3) is 5.56 Å². The van der Waals surface area contributed by atoms with Crippen molar-refractivity contribution < 1.29 is 13.2 Å². The molecule has 24 heavy (non-hydrogen) atoms. The number of alkyl halides is 3. The van der Waals surface area contributed by atoms with E-state index in [9.17, 15) is 18.0 Å². The fourth-order valence-corrected chi connectivity index (χ4v) is 3.18. The molecule has 0 aliphatic heterocycles. The van der Waals surface area contributed by atoms with Crippen LogP contribution >= 0.6 is 11.8 Å². The number of nitrogens with one attached hydrogen (secondary N) is 1. The van der Waals surface area contributed by atoms with Gasteiger partial charge in [-0.3, -0.25) is 14.2 Å². The Morgan fingerprint density at radius 2 is 1.92 bits per heavy atom. The summed E-state index contributed by atoms with van der Waals surface area (Å²) in [6.45, 7) is 1.92. The van der Waals surface area contributed by atoms with Gasteiger partial charge in [-0.05, 0) is 24.1 Å². The summed E-state index contributed by atoms with van der Waals surface area (Å²) >= 11 is 1.34. The third kappa shape index (κ3) is 3.30. The molecule has 0 spiro atoms. The van der Waals surface area contributed by atoms with Gasteiger partial charge in [0.1, 0.15) is 0 Å². The molecule has 9 heteroatoms. The fourth-order valence-electron chi connectivity index (χ4n) is 2.26. The van der Waals surface area contributed by atoms with Crippen molar-refractivity contribution >= 4 is 17.5 Å². The highest BCUT2D eigenvalue weighted by molar-refractivity contribution is 7.98. The molecule has 0 unspecified atom stereocenters. The van der Waals surface area contributed by atoms with E-state index in [-0.39, 0.29) is 5.56 Å². The number of fused-ring (bicyclic) bond motifs is 1. The van der Waals surface area contributed by atoms with Crippen molar-refractivity contribution in [2.45, 2.75) is 30.4 Å². The van der Waals surface area contributed by atoms with Gasteiger partial charge < -0.3 is 0 Å². The summed E-state index contributed by atoms with van der Waals surface area (Å²) in [5.41, 5.74) is 0.599. The first-order valence-corrected chi connectivity index (χ1v) is 8.13. The summed E-state index contributed by atoms with van der Waals surface area (Å²) in [5, 5.41) is 8.56. The molecule has 5 nitrogen and oxygen atoms in total. The number of hydrogen-bond donors (Lipinski definition) is 1. The van der Waals surface area contributed by atoms with Crippen LogP contribution in [0.5, 0.6) is 0 Å². The summed E-state index contributed by atoms with van der Waals surface area (Å²) in [5.74, 6) is 0.801. The average molecular weight is 354 g/mol. The summed E-state index contributed by atoms with van der Waals surface area (Å²) in [6, 6.07) is 6.50. The van der Waals surface area contributed by atoms with Gasteiger partial charge in [-0.1, -0.05) is 30.8 Å². The normalized spacial score (nSPS) is 12.0. The zero-order valence-electron chi connectivity index (χ0n) is 12.6. The molecule has 2 aromatic heterocycles. The molecule has 0 saturated carbocycles. The zero-order valence-corrected chi connectivity index (χ0v) is 13.4. The number of aromatic amines is 1. The van der Waals surface area contributed by atoms with Crippen molar-refractivity contribution in [3.8, 4) is 0 Å². The number of aromatic nitrogens is 4. The van der Waals surface area contributed by atoms with Gasteiger partial charge in [0, 0.05) is 17.5 Å². The number of nitrogens with zero attached hydrogens (tertiary/aromatic N) is 3. The highest BCUT2D eigenvalue weighted by Gasteiger charge is 2.29. The Hall–Kier alpha value is -2.29. The summed E-state index contributed by atoms with van der Waals surface area (Å²) in [6.07, 6.45) is -3.71. The van der Waals surface area contributed by atoms with E-state index in [4.69, 9.17) is 0 Å². The lowest BCUT2D eigenvalue weighted by Gasteiger charge is -2.08. The standard InChI is InChI=1S/C15H13F3N4OS/c1-2-11-7-12(23)19-13-20-21-14(22(11)13)24-8-9-3-5-10(6-4-9)15(16,17)18/h3-7H,2,8H2,1H3,(H,19,20,23). The fraction of sp³-hybridized carbons (Fsp3) is 0.267. The molecular formula is C15H13F3N4OS. The summed E-state index contributed by atoms with van der Waals surface area (Å²) < 4.78 is 39.4. The van der Waals surface area contributed by atoms with Crippen molar-refractivity contribution in [2.75, 3.05) is 0 Å². The number of hydrogen-bond acceptors (Lipinski definition) is 4. The molecule has 0 saturated heterocycles. The van der Waals surface area contributed by atoms with Crippen molar-refractivity contribution in [2.24, 2.45) is 0 Å². The van der Waals surface area contributed by atoms with E-state index >= 15 is 0 Å². The number of benzene rings is 1. The minimum absolute atomic E-state index is 0.244. The summed E-state index contributed by atoms with van der Waals surface area (Å²) in [7, 11) is 0.